The van der Waals surface area contributed by atoms with Gasteiger partial charge in [0, 0.05) is 61.6 Å². The molecule has 0 radical (unpaired) electrons. The lowest BCUT2D eigenvalue weighted by atomic mass is 10.1. The number of carbonyl (C=O) groups excluding carboxylic acids is 1. The van der Waals surface area contributed by atoms with E-state index >= 15 is 0 Å². The van der Waals surface area contributed by atoms with Crippen molar-refractivity contribution in [3.8, 4) is 17.0 Å². The van der Waals surface area contributed by atoms with Gasteiger partial charge in [-0.05, 0) is 45.3 Å². The Kier molecular flexibility index (Phi) is 11.9. The van der Waals surface area contributed by atoms with E-state index in [0.29, 0.717) is 23.1 Å². The number of methoxy groups -OCH3 is 1. The van der Waals surface area contributed by atoms with Gasteiger partial charge in [-0.15, -0.1) is 24.0 Å². The Morgan fingerprint density at radius 2 is 1.88 bits per heavy atom. The maximum absolute atomic E-state index is 12.2. The molecule has 214 valence electrons. The van der Waals surface area contributed by atoms with Crippen molar-refractivity contribution in [3.05, 3.63) is 67.5 Å². The number of nitrogens with zero attached hydrogens (tertiary/aromatic N) is 5. The molecule has 4 aromatic rings. The molecule has 0 unspecified atom stereocenters. The Balaban J connectivity index is 0.00000280. The molecule has 40 heavy (non-hydrogen) atoms. The summed E-state index contributed by atoms with van der Waals surface area (Å²) in [6.45, 7) is 8.19. The van der Waals surface area contributed by atoms with Crippen LogP contribution < -0.4 is 20.3 Å². The van der Waals surface area contributed by atoms with Crippen LogP contribution in [0.2, 0.25) is 0 Å². The second-order valence-corrected chi connectivity index (χ2v) is 9.22. The standard InChI is InChI=1S/C29H35N7O2.CH4.HI/c1-7-28(37)31-23-17-24(27(38-6)18-26(23)35(5)16-15-34(3)4)33-29-30-14-13-22(32-29)21-19-36(8-2)25-12-10-9-11-20(21)25;;/h7,9-14,17-19H,1,8,15-16H2,2-6H3,(H,31,37)(H,30,32,33);1H4;1H. The summed E-state index contributed by atoms with van der Waals surface area (Å²) < 4.78 is 7.93. The predicted octanol–water partition coefficient (Wildman–Crippen LogP) is 6.25. The first-order valence-electron chi connectivity index (χ1n) is 12.5. The molecule has 2 aromatic heterocycles. The average molecular weight is 658 g/mol. The van der Waals surface area contributed by atoms with Crippen LogP contribution in [-0.4, -0.2) is 66.7 Å². The van der Waals surface area contributed by atoms with E-state index in [1.807, 2.05) is 51.5 Å². The van der Waals surface area contributed by atoms with Gasteiger partial charge in [0.15, 0.2) is 0 Å². The van der Waals surface area contributed by atoms with E-state index in [2.05, 4.69) is 61.8 Å². The lowest BCUT2D eigenvalue weighted by Crippen LogP contribution is -2.29. The van der Waals surface area contributed by atoms with Gasteiger partial charge in [-0.1, -0.05) is 32.2 Å². The van der Waals surface area contributed by atoms with E-state index in [1.54, 1.807) is 13.3 Å². The highest BCUT2D eigenvalue weighted by molar-refractivity contribution is 14.0. The molecule has 9 nitrogen and oxygen atoms in total. The highest BCUT2D eigenvalue weighted by Gasteiger charge is 2.17. The molecule has 2 N–H and O–H groups in total. The van der Waals surface area contributed by atoms with Gasteiger partial charge >= 0.3 is 0 Å². The number of halogens is 1. The topological polar surface area (TPSA) is 87.5 Å². The number of hydrogen-bond donors (Lipinski definition) is 2. The summed E-state index contributed by atoms with van der Waals surface area (Å²) >= 11 is 0. The minimum absolute atomic E-state index is 0. The number of rotatable bonds is 11. The Bertz CT molecular complexity index is 1450. The SMILES string of the molecule is C.C=CC(=O)Nc1cc(Nc2nccc(-c3cn(CC)c4ccccc34)n2)c(OC)cc1N(C)CCN(C)C.I. The molecule has 0 saturated carbocycles. The third kappa shape index (κ3) is 7.30. The van der Waals surface area contributed by atoms with E-state index in [0.717, 1.165) is 47.5 Å². The largest absolute Gasteiger partial charge is 0.494 e. The number of aryl methyl sites for hydroxylation is 1. The number of carbonyl (C=O) groups is 1. The summed E-state index contributed by atoms with van der Waals surface area (Å²) in [5, 5.41) is 7.35. The zero-order valence-corrected chi connectivity index (χ0v) is 25.4. The summed E-state index contributed by atoms with van der Waals surface area (Å²) in [7, 11) is 7.64. The second kappa shape index (κ2) is 14.7. The number of nitrogens with one attached hydrogen (secondary N) is 2. The van der Waals surface area contributed by atoms with Gasteiger partial charge in [0.05, 0.1) is 29.9 Å². The quantitative estimate of drug-likeness (QED) is 0.146. The molecule has 4 rings (SSSR count). The van der Waals surface area contributed by atoms with Crippen molar-refractivity contribution < 1.29 is 9.53 Å². The maximum Gasteiger partial charge on any atom is 0.247 e. The number of benzene rings is 2. The predicted molar refractivity (Wildman–Crippen MR) is 178 cm³/mol. The van der Waals surface area contributed by atoms with Gasteiger partial charge < -0.3 is 29.7 Å². The smallest absolute Gasteiger partial charge is 0.247 e. The lowest BCUT2D eigenvalue weighted by molar-refractivity contribution is -0.111. The number of aromatic nitrogens is 3. The van der Waals surface area contributed by atoms with E-state index in [4.69, 9.17) is 9.72 Å². The fraction of sp³-hybridized carbons (Fsp3) is 0.300. The fourth-order valence-corrected chi connectivity index (χ4v) is 4.31. The van der Waals surface area contributed by atoms with Gasteiger partial charge in [0.1, 0.15) is 5.75 Å². The van der Waals surface area contributed by atoms with Gasteiger partial charge in [-0.3, -0.25) is 4.79 Å². The van der Waals surface area contributed by atoms with Crippen molar-refractivity contribution in [1.82, 2.24) is 19.4 Å². The van der Waals surface area contributed by atoms with Gasteiger partial charge in [-0.2, -0.15) is 0 Å². The molecule has 0 saturated heterocycles. The molecule has 0 spiro atoms. The van der Waals surface area contributed by atoms with E-state index in [9.17, 15) is 4.79 Å². The third-order valence-electron chi connectivity index (χ3n) is 6.36. The van der Waals surface area contributed by atoms with Gasteiger partial charge in [0.2, 0.25) is 11.9 Å². The molecule has 2 heterocycles. The van der Waals surface area contributed by atoms with Crippen LogP contribution in [0.25, 0.3) is 22.2 Å². The zero-order chi connectivity index (χ0) is 27.2. The van der Waals surface area contributed by atoms with Gasteiger partial charge in [0.25, 0.3) is 0 Å². The number of anilines is 4. The van der Waals surface area contributed by atoms with E-state index in [1.165, 1.54) is 6.08 Å². The maximum atomic E-state index is 12.2. The van der Waals surface area contributed by atoms with Crippen molar-refractivity contribution >= 4 is 63.8 Å². The highest BCUT2D eigenvalue weighted by atomic mass is 127. The Morgan fingerprint density at radius 3 is 2.55 bits per heavy atom. The molecule has 1 amide bonds. The molecule has 0 bridgehead atoms. The van der Waals surface area contributed by atoms with Gasteiger partial charge in [-0.25, -0.2) is 9.97 Å². The van der Waals surface area contributed by atoms with E-state index in [-0.39, 0.29) is 37.3 Å². The van der Waals surface area contributed by atoms with Crippen LogP contribution in [0.5, 0.6) is 5.75 Å². The molecule has 0 aliphatic heterocycles. The normalized spacial score (nSPS) is 10.4. The fourth-order valence-electron chi connectivity index (χ4n) is 4.31. The van der Waals surface area contributed by atoms with Crippen LogP contribution >= 0.6 is 24.0 Å². The van der Waals surface area contributed by atoms with Crippen LogP contribution in [0.15, 0.2) is 67.5 Å². The zero-order valence-electron chi connectivity index (χ0n) is 23.1. The van der Waals surface area contributed by atoms with E-state index < -0.39 is 0 Å². The molecule has 0 aliphatic carbocycles. The average Bonchev–Trinajstić information content (AvgIpc) is 3.31. The third-order valence-corrected chi connectivity index (χ3v) is 6.36. The first-order chi connectivity index (χ1) is 18.3. The minimum Gasteiger partial charge on any atom is -0.494 e. The van der Waals surface area contributed by atoms with Crippen molar-refractivity contribution in [3.63, 3.8) is 0 Å². The summed E-state index contributed by atoms with van der Waals surface area (Å²) in [5.41, 5.74) is 5.09. The second-order valence-electron chi connectivity index (χ2n) is 9.22. The first-order valence-corrected chi connectivity index (χ1v) is 12.5. The van der Waals surface area contributed by atoms with Crippen molar-refractivity contribution in [1.29, 1.82) is 0 Å². The number of ether oxygens (including phenoxy) is 1. The molecule has 10 heteroatoms. The van der Waals surface area contributed by atoms with Crippen LogP contribution in [-0.2, 0) is 11.3 Å². The molecule has 0 aliphatic rings. The Hall–Kier alpha value is -3.64. The van der Waals surface area contributed by atoms with Crippen molar-refractivity contribution in [2.24, 2.45) is 0 Å². The summed E-state index contributed by atoms with van der Waals surface area (Å²) in [5.74, 6) is 0.725. The number of para-hydroxylation sites is 1. The summed E-state index contributed by atoms with van der Waals surface area (Å²) in [6, 6.07) is 13.9. The van der Waals surface area contributed by atoms with Crippen molar-refractivity contribution in [2.45, 2.75) is 20.9 Å². The number of hydrogen-bond acceptors (Lipinski definition) is 7. The lowest BCUT2D eigenvalue weighted by Gasteiger charge is -2.26. The summed E-state index contributed by atoms with van der Waals surface area (Å²) in [6.07, 6.45) is 5.11. The Labute approximate surface area is 254 Å². The van der Waals surface area contributed by atoms with Crippen LogP contribution in [0.1, 0.15) is 14.4 Å². The molecule has 0 atom stereocenters. The van der Waals surface area contributed by atoms with Crippen molar-refractivity contribution in [2.75, 3.05) is 56.9 Å². The van der Waals surface area contributed by atoms with Crippen LogP contribution in [0.4, 0.5) is 23.0 Å². The molecular weight excluding hydrogens is 617 g/mol. The van der Waals surface area contributed by atoms with Crippen LogP contribution in [0, 0.1) is 0 Å². The monoisotopic (exact) mass is 657 g/mol. The number of amides is 1. The molecular formula is C30H40IN7O2. The summed E-state index contributed by atoms with van der Waals surface area (Å²) in [4.78, 5) is 25.7. The Morgan fingerprint density at radius 1 is 1.12 bits per heavy atom. The minimum atomic E-state index is -0.297. The highest BCUT2D eigenvalue weighted by Crippen LogP contribution is 2.38. The molecule has 2 aromatic carbocycles. The molecule has 0 fully saturated rings. The number of fused-ring (bicyclic) bond motifs is 1. The van der Waals surface area contributed by atoms with Crippen LogP contribution in [0.3, 0.4) is 0 Å². The number of likely N-dealkylation sites (N-methyl/N-ethyl adjacent to an activating group) is 2. The first kappa shape index (κ1) is 32.6.